The van der Waals surface area contributed by atoms with E-state index in [4.69, 9.17) is 9.72 Å². The summed E-state index contributed by atoms with van der Waals surface area (Å²) in [5.74, 6) is 2.04. The molecule has 0 fully saturated rings. The van der Waals surface area contributed by atoms with Gasteiger partial charge < -0.3 is 19.1 Å². The topological polar surface area (TPSA) is 33.5 Å². The van der Waals surface area contributed by atoms with Gasteiger partial charge in [0.2, 0.25) is 0 Å². The molecule has 9 aromatic rings. The third-order valence-electron chi connectivity index (χ3n) is 14.8. The number of pyridine rings is 1. The van der Waals surface area contributed by atoms with Gasteiger partial charge in [-0.15, -0.1) is 53.6 Å². The first kappa shape index (κ1) is 50.5. The summed E-state index contributed by atoms with van der Waals surface area (Å²) in [6, 6.07) is 64.7. The van der Waals surface area contributed by atoms with E-state index in [0.29, 0.717) is 11.5 Å². The predicted molar refractivity (Wildman–Crippen MR) is 297 cm³/mol. The van der Waals surface area contributed by atoms with E-state index in [1.54, 1.807) is 0 Å². The zero-order valence-corrected chi connectivity index (χ0v) is 46.5. The molecule has 7 aromatic carbocycles. The Labute approximate surface area is 443 Å². The largest absolute Gasteiger partial charge is 0.509 e. The van der Waals surface area contributed by atoms with Crippen molar-refractivity contribution in [2.45, 2.75) is 117 Å². The van der Waals surface area contributed by atoms with Crippen molar-refractivity contribution in [3.8, 4) is 17.3 Å². The van der Waals surface area contributed by atoms with Crippen LogP contribution < -0.4 is 14.5 Å². The Balaban J connectivity index is 0.00000640. The molecule has 1 aliphatic rings. The normalized spacial score (nSPS) is 13.4. The zero-order valence-electron chi connectivity index (χ0n) is 44.2. The molecule has 0 bridgehead atoms. The number of para-hydroxylation sites is 2. The van der Waals surface area contributed by atoms with Crippen LogP contribution in [0.1, 0.15) is 129 Å². The third kappa shape index (κ3) is 9.42. The minimum Gasteiger partial charge on any atom is -0.509 e. The second kappa shape index (κ2) is 18.6. The van der Waals surface area contributed by atoms with Crippen LogP contribution in [0.15, 0.2) is 164 Å². The smallest absolute Gasteiger partial charge is 0.135 e. The molecule has 1 aliphatic heterocycles. The molecule has 0 saturated carbocycles. The Kier molecular flexibility index (Phi) is 13.0. The van der Waals surface area contributed by atoms with Crippen LogP contribution in [-0.2, 0) is 48.1 Å². The molecule has 2 aromatic heterocycles. The van der Waals surface area contributed by atoms with Crippen LogP contribution in [0.2, 0.25) is 0 Å². The molecule has 0 unspecified atom stereocenters. The minimum absolute atomic E-state index is 0. The zero-order chi connectivity index (χ0) is 50.3. The first-order valence-electron chi connectivity index (χ1n) is 25.1. The van der Waals surface area contributed by atoms with Crippen LogP contribution in [-0.4, -0.2) is 9.55 Å². The fourth-order valence-corrected chi connectivity index (χ4v) is 9.98. The van der Waals surface area contributed by atoms with Gasteiger partial charge in [0.15, 0.2) is 0 Å². The first-order valence-corrected chi connectivity index (χ1v) is 25.1. The van der Waals surface area contributed by atoms with Gasteiger partial charge in [0.25, 0.3) is 0 Å². The molecule has 5 nitrogen and oxygen atoms in total. The van der Waals surface area contributed by atoms with Gasteiger partial charge in [-0.05, 0) is 103 Å². The summed E-state index contributed by atoms with van der Waals surface area (Å²) in [5.41, 5.74) is 14.1. The Hall–Kier alpha value is -6.42. The van der Waals surface area contributed by atoms with Gasteiger partial charge in [0.05, 0.1) is 0 Å². The second-order valence-corrected chi connectivity index (χ2v) is 23.6. The summed E-state index contributed by atoms with van der Waals surface area (Å²) in [6.07, 6.45) is 1.93. The van der Waals surface area contributed by atoms with Crippen molar-refractivity contribution < 1.29 is 25.8 Å². The SMILES string of the molecule is CC(C)(C)c1cc(N2[CH-]N(c3[c-]c(Oc4[c-]c5c(cc4)c4cc(C(C)(C)c6ccccc6)ccc4n5-c4cc(C(C)(C)C)ccn4)cc(C(C)(C)c4ccccc4)c3)c3ccccc32)cc(C(C)(C)C)c1.[Pt]. The molecule has 10 rings (SSSR count). The van der Waals surface area contributed by atoms with Gasteiger partial charge in [-0.3, -0.25) is 0 Å². The number of anilines is 4. The number of nitrogens with zero attached hydrogens (tertiary/aromatic N) is 4. The molecule has 370 valence electrons. The number of fused-ring (bicyclic) bond motifs is 4. The molecule has 0 saturated heterocycles. The summed E-state index contributed by atoms with van der Waals surface area (Å²) in [5, 5.41) is 2.22. The van der Waals surface area contributed by atoms with Crippen LogP contribution in [0.5, 0.6) is 11.5 Å². The fourth-order valence-electron chi connectivity index (χ4n) is 9.98. The maximum absolute atomic E-state index is 7.07. The molecular weight excluding hydrogens is 1060 g/mol. The average Bonchev–Trinajstić information content (AvgIpc) is 3.89. The van der Waals surface area contributed by atoms with Crippen LogP contribution in [0.3, 0.4) is 0 Å². The molecular formula is C66H67N4OPt-3. The van der Waals surface area contributed by atoms with Crippen molar-refractivity contribution in [1.82, 2.24) is 9.55 Å². The van der Waals surface area contributed by atoms with Crippen LogP contribution in [0, 0.1) is 18.8 Å². The van der Waals surface area contributed by atoms with Crippen molar-refractivity contribution in [2.75, 3.05) is 9.80 Å². The molecule has 0 N–H and O–H groups in total. The Morgan fingerprint density at radius 1 is 0.444 bits per heavy atom. The van der Waals surface area contributed by atoms with Crippen molar-refractivity contribution in [3.05, 3.63) is 222 Å². The monoisotopic (exact) mass is 1130 g/mol. The Bertz CT molecular complexity index is 3410. The minimum atomic E-state index is -0.375. The number of hydrogen-bond acceptors (Lipinski definition) is 4. The maximum atomic E-state index is 7.07. The molecule has 0 radical (unpaired) electrons. The molecule has 72 heavy (non-hydrogen) atoms. The van der Waals surface area contributed by atoms with Crippen LogP contribution in [0.4, 0.5) is 22.7 Å². The molecule has 0 amide bonds. The number of ether oxygens (including phenoxy) is 1. The fraction of sp³-hybridized carbons (Fsp3) is 0.273. The van der Waals surface area contributed by atoms with E-state index in [0.717, 1.165) is 55.9 Å². The Morgan fingerprint density at radius 3 is 1.61 bits per heavy atom. The van der Waals surface area contributed by atoms with Gasteiger partial charge in [0.1, 0.15) is 5.82 Å². The van der Waals surface area contributed by atoms with Gasteiger partial charge in [0, 0.05) is 66.8 Å². The first-order chi connectivity index (χ1) is 33.6. The van der Waals surface area contributed by atoms with Crippen LogP contribution in [0.25, 0.3) is 27.6 Å². The molecule has 3 heterocycles. The number of aromatic nitrogens is 2. The molecule has 6 heteroatoms. The second-order valence-electron chi connectivity index (χ2n) is 23.6. The van der Waals surface area contributed by atoms with E-state index in [-0.39, 0.29) is 48.1 Å². The molecule has 0 spiro atoms. The van der Waals surface area contributed by atoms with E-state index in [1.807, 2.05) is 6.20 Å². The van der Waals surface area contributed by atoms with Gasteiger partial charge >= 0.3 is 0 Å². The number of hydrogen-bond donors (Lipinski definition) is 0. The van der Waals surface area contributed by atoms with Crippen molar-refractivity contribution >= 4 is 44.6 Å². The van der Waals surface area contributed by atoms with Gasteiger partial charge in [-0.1, -0.05) is 187 Å². The summed E-state index contributed by atoms with van der Waals surface area (Å²) < 4.78 is 9.32. The van der Waals surface area contributed by atoms with Crippen molar-refractivity contribution in [3.63, 3.8) is 0 Å². The van der Waals surface area contributed by atoms with E-state index in [2.05, 4.69) is 281 Å². The van der Waals surface area contributed by atoms with E-state index in [1.165, 1.54) is 33.4 Å². The standard InChI is InChI=1S/C66H67N4O.Pt/c1-62(2,3)46-32-33-67-61(40-46)70-57-31-28-47(65(10,11)44-22-16-14-17-23-44)39-56(57)55-30-29-53(42-60(55)70)71-54-38-50(66(12,13)45-24-18-15-19-25-45)37-52(41-54)69-43-68(58-26-20-21-27-59(58)69)51-35-48(63(4,5)6)34-49(36-51)64(7,8)9;/h14-40,43H,1-13H3;/q-3;. The average molecular weight is 1130 g/mol. The van der Waals surface area contributed by atoms with E-state index < -0.39 is 0 Å². The summed E-state index contributed by atoms with van der Waals surface area (Å²) in [6.45, 7) is 31.9. The van der Waals surface area contributed by atoms with E-state index in [9.17, 15) is 0 Å². The van der Waals surface area contributed by atoms with Crippen molar-refractivity contribution in [1.29, 1.82) is 0 Å². The van der Waals surface area contributed by atoms with Crippen LogP contribution >= 0.6 is 0 Å². The van der Waals surface area contributed by atoms with E-state index >= 15 is 0 Å². The molecule has 0 atom stereocenters. The van der Waals surface area contributed by atoms with Gasteiger partial charge in [-0.2, -0.15) is 6.07 Å². The number of benzene rings is 7. The predicted octanol–water partition coefficient (Wildman–Crippen LogP) is 17.5. The summed E-state index contributed by atoms with van der Waals surface area (Å²) in [7, 11) is 0. The quantitative estimate of drug-likeness (QED) is 0.135. The summed E-state index contributed by atoms with van der Waals surface area (Å²) in [4.78, 5) is 9.61. The van der Waals surface area contributed by atoms with Crippen molar-refractivity contribution in [2.24, 2.45) is 0 Å². The molecule has 0 aliphatic carbocycles. The third-order valence-corrected chi connectivity index (χ3v) is 14.8. The number of rotatable bonds is 9. The summed E-state index contributed by atoms with van der Waals surface area (Å²) >= 11 is 0. The Morgan fingerprint density at radius 2 is 1.01 bits per heavy atom. The maximum Gasteiger partial charge on any atom is 0.135 e. The van der Waals surface area contributed by atoms with Gasteiger partial charge in [-0.25, -0.2) is 4.98 Å².